The first-order valence-electron chi connectivity index (χ1n) is 11.0. The summed E-state index contributed by atoms with van der Waals surface area (Å²) in [5, 5.41) is 1.18. The van der Waals surface area contributed by atoms with Crippen molar-refractivity contribution in [3.63, 3.8) is 0 Å². The highest BCUT2D eigenvalue weighted by molar-refractivity contribution is 7.89. The van der Waals surface area contributed by atoms with Gasteiger partial charge in [-0.1, -0.05) is 23.7 Å². The Labute approximate surface area is 208 Å². The SMILES string of the molecule is CCOc1ccc2[nH]c(=O)c(CN(Cc3ccc(OC)cc3)S(=O)(=O)c3ccc(Cl)cc3)cc2c1. The van der Waals surface area contributed by atoms with E-state index in [1.807, 2.05) is 13.0 Å². The fourth-order valence-electron chi connectivity index (χ4n) is 3.71. The molecule has 0 saturated carbocycles. The topological polar surface area (TPSA) is 88.7 Å². The van der Waals surface area contributed by atoms with Crippen LogP contribution >= 0.6 is 11.6 Å². The van der Waals surface area contributed by atoms with Crippen molar-refractivity contribution >= 4 is 32.5 Å². The van der Waals surface area contributed by atoms with Crippen molar-refractivity contribution in [3.8, 4) is 11.5 Å². The zero-order valence-electron chi connectivity index (χ0n) is 19.3. The Balaban J connectivity index is 1.75. The van der Waals surface area contributed by atoms with Gasteiger partial charge >= 0.3 is 0 Å². The second-order valence-corrected chi connectivity index (χ2v) is 10.3. The van der Waals surface area contributed by atoms with Crippen LogP contribution in [-0.4, -0.2) is 31.4 Å². The standard InChI is InChI=1S/C26H25ClN2O5S/c1-3-34-23-10-13-25-19(15-23)14-20(26(30)28-25)17-29(16-18-4-8-22(33-2)9-5-18)35(31,32)24-11-6-21(27)7-12-24/h4-15H,3,16-17H2,1-2H3,(H,28,30). The lowest BCUT2D eigenvalue weighted by molar-refractivity contribution is 0.340. The molecule has 0 unspecified atom stereocenters. The van der Waals surface area contributed by atoms with E-state index in [0.29, 0.717) is 34.2 Å². The number of methoxy groups -OCH3 is 1. The highest BCUT2D eigenvalue weighted by Crippen LogP contribution is 2.25. The molecule has 1 heterocycles. The van der Waals surface area contributed by atoms with Gasteiger partial charge in [0, 0.05) is 34.6 Å². The van der Waals surface area contributed by atoms with Crippen molar-refractivity contribution in [1.29, 1.82) is 0 Å². The molecule has 182 valence electrons. The van der Waals surface area contributed by atoms with Gasteiger partial charge in [-0.2, -0.15) is 4.31 Å². The van der Waals surface area contributed by atoms with Crippen molar-refractivity contribution in [2.75, 3.05) is 13.7 Å². The van der Waals surface area contributed by atoms with Crippen molar-refractivity contribution in [2.24, 2.45) is 0 Å². The minimum atomic E-state index is -3.95. The molecule has 3 aromatic carbocycles. The van der Waals surface area contributed by atoms with Gasteiger partial charge in [0.15, 0.2) is 0 Å². The maximum absolute atomic E-state index is 13.6. The molecule has 0 aliphatic carbocycles. The molecule has 0 atom stereocenters. The summed E-state index contributed by atoms with van der Waals surface area (Å²) in [6, 6.07) is 20.2. The molecule has 0 radical (unpaired) electrons. The summed E-state index contributed by atoms with van der Waals surface area (Å²) in [5.41, 5.74) is 1.36. The lowest BCUT2D eigenvalue weighted by Gasteiger charge is -2.22. The highest BCUT2D eigenvalue weighted by Gasteiger charge is 2.26. The van der Waals surface area contributed by atoms with E-state index in [1.165, 1.54) is 28.6 Å². The quantitative estimate of drug-likeness (QED) is 0.341. The summed E-state index contributed by atoms with van der Waals surface area (Å²) < 4.78 is 39.3. The van der Waals surface area contributed by atoms with Gasteiger partial charge in [0.05, 0.1) is 18.6 Å². The molecular formula is C26H25ClN2O5S. The summed E-state index contributed by atoms with van der Waals surface area (Å²) in [7, 11) is -2.39. The van der Waals surface area contributed by atoms with Crippen molar-refractivity contribution < 1.29 is 17.9 Å². The monoisotopic (exact) mass is 512 g/mol. The van der Waals surface area contributed by atoms with Gasteiger partial charge in [0.1, 0.15) is 11.5 Å². The zero-order chi connectivity index (χ0) is 25.0. The third kappa shape index (κ3) is 5.67. The van der Waals surface area contributed by atoms with E-state index in [-0.39, 0.29) is 23.5 Å². The highest BCUT2D eigenvalue weighted by atomic mass is 35.5. The van der Waals surface area contributed by atoms with Gasteiger partial charge in [-0.15, -0.1) is 0 Å². The van der Waals surface area contributed by atoms with Crippen LogP contribution < -0.4 is 15.0 Å². The molecule has 0 aliphatic heterocycles. The zero-order valence-corrected chi connectivity index (χ0v) is 20.9. The van der Waals surface area contributed by atoms with Gasteiger partial charge in [0.25, 0.3) is 5.56 Å². The maximum Gasteiger partial charge on any atom is 0.252 e. The van der Waals surface area contributed by atoms with Gasteiger partial charge in [0.2, 0.25) is 10.0 Å². The fraction of sp³-hybridized carbons (Fsp3) is 0.192. The van der Waals surface area contributed by atoms with Crippen LogP contribution in [-0.2, 0) is 23.1 Å². The molecule has 35 heavy (non-hydrogen) atoms. The number of nitrogens with one attached hydrogen (secondary N) is 1. The van der Waals surface area contributed by atoms with E-state index in [2.05, 4.69) is 4.98 Å². The number of hydrogen-bond donors (Lipinski definition) is 1. The number of aromatic nitrogens is 1. The Kier molecular flexibility index (Phi) is 7.45. The normalized spacial score (nSPS) is 11.7. The molecule has 0 amide bonds. The Morgan fingerprint density at radius 1 is 0.914 bits per heavy atom. The molecule has 0 bridgehead atoms. The minimum absolute atomic E-state index is 0.0609. The predicted molar refractivity (Wildman–Crippen MR) is 137 cm³/mol. The Bertz CT molecular complexity index is 1480. The third-order valence-corrected chi connectivity index (χ3v) is 7.58. The number of hydrogen-bond acceptors (Lipinski definition) is 5. The average molecular weight is 513 g/mol. The summed E-state index contributed by atoms with van der Waals surface area (Å²) in [6.07, 6.45) is 0. The second-order valence-electron chi connectivity index (χ2n) is 7.88. The molecule has 7 nitrogen and oxygen atoms in total. The number of H-pyrrole nitrogens is 1. The third-order valence-electron chi connectivity index (χ3n) is 5.52. The maximum atomic E-state index is 13.6. The summed E-state index contributed by atoms with van der Waals surface area (Å²) in [4.78, 5) is 15.8. The second kappa shape index (κ2) is 10.5. The van der Waals surface area contributed by atoms with Crippen LogP contribution in [0.4, 0.5) is 0 Å². The van der Waals surface area contributed by atoms with Crippen LogP contribution in [0.25, 0.3) is 10.9 Å². The van der Waals surface area contributed by atoms with Gasteiger partial charge in [-0.25, -0.2) is 8.42 Å². The molecule has 1 aromatic heterocycles. The van der Waals surface area contributed by atoms with E-state index in [4.69, 9.17) is 21.1 Å². The fourth-order valence-corrected chi connectivity index (χ4v) is 5.24. The first-order chi connectivity index (χ1) is 16.8. The molecule has 0 aliphatic rings. The number of nitrogens with zero attached hydrogens (tertiary/aromatic N) is 1. The Morgan fingerprint density at radius 2 is 1.60 bits per heavy atom. The number of pyridine rings is 1. The molecule has 0 saturated heterocycles. The van der Waals surface area contributed by atoms with Crippen LogP contribution in [0.2, 0.25) is 5.02 Å². The van der Waals surface area contributed by atoms with Crippen LogP contribution in [0.15, 0.2) is 82.5 Å². The molecule has 4 rings (SSSR count). The van der Waals surface area contributed by atoms with E-state index in [1.54, 1.807) is 49.6 Å². The number of halogens is 1. The van der Waals surface area contributed by atoms with Gasteiger partial charge < -0.3 is 14.5 Å². The molecule has 9 heteroatoms. The molecule has 4 aromatic rings. The lowest BCUT2D eigenvalue weighted by Crippen LogP contribution is -2.32. The number of aromatic amines is 1. The van der Waals surface area contributed by atoms with Gasteiger partial charge in [-0.3, -0.25) is 4.79 Å². The van der Waals surface area contributed by atoms with Crippen LogP contribution in [0, 0.1) is 0 Å². The van der Waals surface area contributed by atoms with Crippen molar-refractivity contribution in [1.82, 2.24) is 9.29 Å². The number of fused-ring (bicyclic) bond motifs is 1. The van der Waals surface area contributed by atoms with E-state index >= 15 is 0 Å². The summed E-state index contributed by atoms with van der Waals surface area (Å²) >= 11 is 5.96. The minimum Gasteiger partial charge on any atom is -0.497 e. The van der Waals surface area contributed by atoms with Crippen LogP contribution in [0.3, 0.4) is 0 Å². The number of sulfonamides is 1. The number of rotatable bonds is 9. The van der Waals surface area contributed by atoms with Crippen molar-refractivity contribution in [2.45, 2.75) is 24.9 Å². The summed E-state index contributed by atoms with van der Waals surface area (Å²) in [6.45, 7) is 2.34. The molecule has 0 spiro atoms. The Hall–Kier alpha value is -3.33. The van der Waals surface area contributed by atoms with Crippen molar-refractivity contribution in [3.05, 3.63) is 99.3 Å². The molecule has 0 fully saturated rings. The first kappa shape index (κ1) is 24.8. The van der Waals surface area contributed by atoms with Crippen LogP contribution in [0.5, 0.6) is 11.5 Å². The smallest absolute Gasteiger partial charge is 0.252 e. The average Bonchev–Trinajstić information content (AvgIpc) is 2.85. The summed E-state index contributed by atoms with van der Waals surface area (Å²) in [5.74, 6) is 1.33. The number of benzene rings is 3. The van der Waals surface area contributed by atoms with Crippen LogP contribution in [0.1, 0.15) is 18.1 Å². The van der Waals surface area contributed by atoms with E-state index in [0.717, 1.165) is 10.9 Å². The predicted octanol–water partition coefficient (Wildman–Crippen LogP) is 4.98. The van der Waals surface area contributed by atoms with E-state index < -0.39 is 10.0 Å². The first-order valence-corrected chi connectivity index (χ1v) is 12.8. The van der Waals surface area contributed by atoms with E-state index in [9.17, 15) is 13.2 Å². The molecule has 1 N–H and O–H groups in total. The Morgan fingerprint density at radius 3 is 2.26 bits per heavy atom. The molecular weight excluding hydrogens is 488 g/mol. The largest absolute Gasteiger partial charge is 0.497 e. The lowest BCUT2D eigenvalue weighted by atomic mass is 10.1. The van der Waals surface area contributed by atoms with Gasteiger partial charge in [-0.05, 0) is 73.2 Å². The number of ether oxygens (including phenoxy) is 2.